The van der Waals surface area contributed by atoms with E-state index < -0.39 is 6.09 Å². The summed E-state index contributed by atoms with van der Waals surface area (Å²) < 4.78 is 0.652. The lowest BCUT2D eigenvalue weighted by molar-refractivity contribution is -0.119. The van der Waals surface area contributed by atoms with Crippen LogP contribution in [0, 0.1) is 0 Å². The van der Waals surface area contributed by atoms with Crippen molar-refractivity contribution in [1.29, 1.82) is 0 Å². The fraction of sp³-hybridized carbons (Fsp3) is 0.357. The largest absolute Gasteiger partial charge is 0.465 e. The summed E-state index contributed by atoms with van der Waals surface area (Å²) in [4.78, 5) is 46.7. The first-order valence-electron chi connectivity index (χ1n) is 7.24. The molecule has 9 nitrogen and oxygen atoms in total. The monoisotopic (exact) mass is 395 g/mol. The molecule has 0 spiro atoms. The number of carboxylic acid groups (broad SMARTS) is 1. The molecule has 2 aromatic rings. The lowest BCUT2D eigenvalue weighted by Crippen LogP contribution is -2.41. The Morgan fingerprint density at radius 3 is 2.92 bits per heavy atom. The van der Waals surface area contributed by atoms with Gasteiger partial charge in [-0.1, -0.05) is 0 Å². The highest BCUT2D eigenvalue weighted by atomic mass is 79.9. The molecule has 2 amide bonds. The molecule has 0 aromatic carbocycles. The van der Waals surface area contributed by atoms with E-state index in [2.05, 4.69) is 36.2 Å². The Morgan fingerprint density at radius 2 is 2.25 bits per heavy atom. The SMILES string of the molecule is O=C1CC[C@@H](CN(Cc2nc3ncc(Br)cc3c(=O)[nH]2)C(=O)O)N1. The molecule has 0 saturated carbocycles. The van der Waals surface area contributed by atoms with Crippen molar-refractivity contribution >= 4 is 39.0 Å². The van der Waals surface area contributed by atoms with Crippen molar-refractivity contribution in [2.75, 3.05) is 6.54 Å². The lowest BCUT2D eigenvalue weighted by atomic mass is 10.2. The van der Waals surface area contributed by atoms with Gasteiger partial charge in [-0.2, -0.15) is 0 Å². The van der Waals surface area contributed by atoms with E-state index in [9.17, 15) is 19.5 Å². The summed E-state index contributed by atoms with van der Waals surface area (Å²) >= 11 is 3.23. The number of carbonyl (C=O) groups is 2. The number of nitrogens with one attached hydrogen (secondary N) is 2. The molecule has 10 heteroatoms. The van der Waals surface area contributed by atoms with Gasteiger partial charge >= 0.3 is 6.09 Å². The van der Waals surface area contributed by atoms with Gasteiger partial charge in [0.1, 0.15) is 5.82 Å². The molecule has 2 aromatic heterocycles. The summed E-state index contributed by atoms with van der Waals surface area (Å²) in [6.07, 6.45) is 1.34. The minimum absolute atomic E-state index is 0.0858. The van der Waals surface area contributed by atoms with Crippen LogP contribution in [0.1, 0.15) is 18.7 Å². The predicted molar refractivity (Wildman–Crippen MR) is 87.5 cm³/mol. The van der Waals surface area contributed by atoms with Gasteiger partial charge in [-0.15, -0.1) is 0 Å². The molecule has 3 heterocycles. The molecule has 0 radical (unpaired) electrons. The summed E-state index contributed by atoms with van der Waals surface area (Å²) in [7, 11) is 0. The summed E-state index contributed by atoms with van der Waals surface area (Å²) in [5.41, 5.74) is -0.139. The molecule has 0 unspecified atom stereocenters. The normalized spacial score (nSPS) is 17.0. The van der Waals surface area contributed by atoms with Gasteiger partial charge in [0, 0.05) is 29.7 Å². The Bertz CT molecular complexity index is 868. The topological polar surface area (TPSA) is 128 Å². The Kier molecular flexibility index (Phi) is 4.47. The Labute approximate surface area is 144 Å². The number of H-pyrrole nitrogens is 1. The Morgan fingerprint density at radius 1 is 1.46 bits per heavy atom. The van der Waals surface area contributed by atoms with Crippen LogP contribution in [0.4, 0.5) is 4.79 Å². The zero-order valence-corrected chi connectivity index (χ0v) is 14.0. The van der Waals surface area contributed by atoms with Gasteiger partial charge in [-0.05, 0) is 28.4 Å². The van der Waals surface area contributed by atoms with E-state index in [1.807, 2.05) is 0 Å². The fourth-order valence-electron chi connectivity index (χ4n) is 2.59. The second-order valence-corrected chi connectivity index (χ2v) is 6.42. The molecular formula is C14H14BrN5O4. The maximum atomic E-state index is 12.1. The van der Waals surface area contributed by atoms with Crippen molar-refractivity contribution in [2.45, 2.75) is 25.4 Å². The first-order valence-corrected chi connectivity index (χ1v) is 8.03. The van der Waals surface area contributed by atoms with Crippen LogP contribution in [0.5, 0.6) is 0 Å². The van der Waals surface area contributed by atoms with Gasteiger partial charge in [0.25, 0.3) is 5.56 Å². The lowest BCUT2D eigenvalue weighted by Gasteiger charge is -2.22. The van der Waals surface area contributed by atoms with Crippen molar-refractivity contribution in [3.05, 3.63) is 32.9 Å². The van der Waals surface area contributed by atoms with Gasteiger partial charge in [-0.3, -0.25) is 14.5 Å². The molecule has 3 N–H and O–H groups in total. The molecule has 0 bridgehead atoms. The number of aromatic nitrogens is 3. The second kappa shape index (κ2) is 6.56. The van der Waals surface area contributed by atoms with Crippen molar-refractivity contribution in [3.63, 3.8) is 0 Å². The van der Waals surface area contributed by atoms with Crippen molar-refractivity contribution in [2.24, 2.45) is 0 Å². The minimum atomic E-state index is -1.15. The zero-order valence-electron chi connectivity index (χ0n) is 12.5. The third-order valence-corrected chi connectivity index (χ3v) is 4.15. The van der Waals surface area contributed by atoms with E-state index in [4.69, 9.17) is 0 Å². The van der Waals surface area contributed by atoms with Crippen molar-refractivity contribution < 1.29 is 14.7 Å². The highest BCUT2D eigenvalue weighted by molar-refractivity contribution is 9.10. The van der Waals surface area contributed by atoms with Crippen LogP contribution in [-0.2, 0) is 11.3 Å². The first-order chi connectivity index (χ1) is 11.4. The second-order valence-electron chi connectivity index (χ2n) is 5.50. The maximum Gasteiger partial charge on any atom is 0.407 e. The number of aromatic amines is 1. The molecule has 1 aliphatic rings. The van der Waals surface area contributed by atoms with E-state index >= 15 is 0 Å². The highest BCUT2D eigenvalue weighted by Gasteiger charge is 2.25. The predicted octanol–water partition coefficient (Wildman–Crippen LogP) is 0.839. The highest BCUT2D eigenvalue weighted by Crippen LogP contribution is 2.14. The summed E-state index contributed by atoms with van der Waals surface area (Å²) in [6.45, 7) is 0.0429. The van der Waals surface area contributed by atoms with Gasteiger partial charge in [0.2, 0.25) is 5.91 Å². The maximum absolute atomic E-state index is 12.1. The van der Waals surface area contributed by atoms with Gasteiger partial charge in [0.05, 0.1) is 11.9 Å². The molecule has 24 heavy (non-hydrogen) atoms. The molecule has 1 atom stereocenters. The van der Waals surface area contributed by atoms with Gasteiger partial charge < -0.3 is 15.4 Å². The van der Waals surface area contributed by atoms with E-state index in [0.717, 1.165) is 4.90 Å². The third kappa shape index (κ3) is 3.53. The number of rotatable bonds is 4. The Balaban J connectivity index is 1.83. The number of pyridine rings is 1. The minimum Gasteiger partial charge on any atom is -0.465 e. The summed E-state index contributed by atoms with van der Waals surface area (Å²) in [6, 6.07) is 1.37. The van der Waals surface area contributed by atoms with Crippen LogP contribution in [0.3, 0.4) is 0 Å². The quantitative estimate of drug-likeness (QED) is 0.703. The third-order valence-electron chi connectivity index (χ3n) is 3.71. The number of amides is 2. The molecule has 1 fully saturated rings. The molecule has 1 aliphatic heterocycles. The van der Waals surface area contributed by atoms with Crippen molar-refractivity contribution in [1.82, 2.24) is 25.2 Å². The van der Waals surface area contributed by atoms with Gasteiger partial charge in [-0.25, -0.2) is 14.8 Å². The summed E-state index contributed by atoms with van der Waals surface area (Å²) in [5, 5.41) is 12.4. The number of nitrogens with zero attached hydrogens (tertiary/aromatic N) is 3. The number of halogens is 1. The van der Waals surface area contributed by atoms with E-state index in [1.54, 1.807) is 6.07 Å². The van der Waals surface area contributed by atoms with Crippen LogP contribution in [0.15, 0.2) is 21.5 Å². The average Bonchev–Trinajstić information content (AvgIpc) is 2.92. The van der Waals surface area contributed by atoms with Crippen LogP contribution in [-0.4, -0.2) is 49.5 Å². The van der Waals surface area contributed by atoms with E-state index in [-0.39, 0.29) is 42.1 Å². The first kappa shape index (κ1) is 16.4. The van der Waals surface area contributed by atoms with E-state index in [0.29, 0.717) is 22.7 Å². The fourth-order valence-corrected chi connectivity index (χ4v) is 2.92. The smallest absolute Gasteiger partial charge is 0.407 e. The van der Waals surface area contributed by atoms with E-state index in [1.165, 1.54) is 6.20 Å². The molecule has 1 saturated heterocycles. The standard InChI is InChI=1S/C14H14BrN5O4/c15-7-3-9-12(16-4-7)18-10(19-13(9)22)6-20(14(23)24)5-8-1-2-11(21)17-8/h3-4,8H,1-2,5-6H2,(H,17,21)(H,23,24)(H,16,18,19,22)/t8-/m0/s1. The average molecular weight is 396 g/mol. The molecule has 3 rings (SSSR count). The zero-order chi connectivity index (χ0) is 17.3. The van der Waals surface area contributed by atoms with Crippen LogP contribution in [0.2, 0.25) is 0 Å². The van der Waals surface area contributed by atoms with Crippen molar-refractivity contribution in [3.8, 4) is 0 Å². The van der Waals surface area contributed by atoms with Crippen LogP contribution in [0.25, 0.3) is 11.0 Å². The number of carbonyl (C=O) groups excluding carboxylic acids is 1. The molecular weight excluding hydrogens is 382 g/mol. The number of fused-ring (bicyclic) bond motifs is 1. The van der Waals surface area contributed by atoms with Crippen LogP contribution < -0.4 is 10.9 Å². The number of hydrogen-bond donors (Lipinski definition) is 3. The Hall–Kier alpha value is -2.49. The van der Waals surface area contributed by atoms with Crippen LogP contribution >= 0.6 is 15.9 Å². The molecule has 0 aliphatic carbocycles. The number of hydrogen-bond acceptors (Lipinski definition) is 5. The van der Waals surface area contributed by atoms with Gasteiger partial charge in [0.15, 0.2) is 5.65 Å². The summed E-state index contributed by atoms with van der Waals surface area (Å²) in [5.74, 6) is 0.117. The molecule has 126 valence electrons.